The zero-order valence-electron chi connectivity index (χ0n) is 6.23. The molecule has 0 spiro atoms. The van der Waals surface area contributed by atoms with E-state index in [9.17, 15) is 8.78 Å². The van der Waals surface area contributed by atoms with Crippen LogP contribution in [0, 0.1) is 5.92 Å². The van der Waals surface area contributed by atoms with Crippen molar-refractivity contribution >= 4 is 0 Å². The van der Waals surface area contributed by atoms with Crippen LogP contribution < -0.4 is 0 Å². The average Bonchev–Trinajstić information content (AvgIpc) is 2.08. The van der Waals surface area contributed by atoms with Crippen LogP contribution in [0.1, 0.15) is 20.3 Å². The van der Waals surface area contributed by atoms with Crippen LogP contribution in [0.15, 0.2) is 0 Å². The lowest BCUT2D eigenvalue weighted by molar-refractivity contribution is -0.0875. The van der Waals surface area contributed by atoms with E-state index in [2.05, 4.69) is 0 Å². The molecule has 0 amide bonds. The van der Waals surface area contributed by atoms with Gasteiger partial charge in [-0.2, -0.15) is 0 Å². The molecule has 1 unspecified atom stereocenters. The maximum atomic E-state index is 12.7. The van der Waals surface area contributed by atoms with E-state index >= 15 is 0 Å². The van der Waals surface area contributed by atoms with Crippen LogP contribution in [0.25, 0.3) is 0 Å². The normalized spacial score (nSPS) is 31.5. The zero-order valence-corrected chi connectivity index (χ0v) is 6.23. The Morgan fingerprint density at radius 3 is 2.30 bits per heavy atom. The third kappa shape index (κ3) is 1.29. The summed E-state index contributed by atoms with van der Waals surface area (Å²) in [5.74, 6) is -2.67. The molecule has 3 heteroatoms. The third-order valence-corrected chi connectivity index (χ3v) is 1.75. The maximum absolute atomic E-state index is 12.7. The summed E-state index contributed by atoms with van der Waals surface area (Å²) in [5, 5.41) is 0. The highest BCUT2D eigenvalue weighted by atomic mass is 19.3. The van der Waals surface area contributed by atoms with Crippen LogP contribution in [0.3, 0.4) is 0 Å². The van der Waals surface area contributed by atoms with Gasteiger partial charge in [0.2, 0.25) is 0 Å². The van der Waals surface area contributed by atoms with Crippen LogP contribution in [0.5, 0.6) is 0 Å². The highest BCUT2D eigenvalue weighted by Crippen LogP contribution is 2.35. The van der Waals surface area contributed by atoms with Gasteiger partial charge >= 0.3 is 0 Å². The lowest BCUT2D eigenvalue weighted by Crippen LogP contribution is -2.32. The first-order valence-electron chi connectivity index (χ1n) is 3.53. The third-order valence-electron chi connectivity index (χ3n) is 1.75. The predicted octanol–water partition coefficient (Wildman–Crippen LogP) is 2.07. The first-order valence-corrected chi connectivity index (χ1v) is 3.53. The minimum Gasteiger partial charge on any atom is -0.371 e. The fraction of sp³-hybridized carbons (Fsp3) is 1.00. The number of alkyl halides is 2. The van der Waals surface area contributed by atoms with Crippen LogP contribution in [-0.4, -0.2) is 18.6 Å². The van der Waals surface area contributed by atoms with E-state index in [1.807, 2.05) is 0 Å². The monoisotopic (exact) mass is 150 g/mol. The van der Waals surface area contributed by atoms with E-state index in [0.717, 1.165) is 0 Å². The Morgan fingerprint density at radius 1 is 1.50 bits per heavy atom. The molecule has 1 nitrogen and oxygen atoms in total. The Hall–Kier alpha value is -0.180. The Labute approximate surface area is 59.4 Å². The highest BCUT2D eigenvalue weighted by molar-refractivity contribution is 4.85. The maximum Gasteiger partial charge on any atom is 0.276 e. The Balaban J connectivity index is 2.59. The van der Waals surface area contributed by atoms with Crippen LogP contribution in [0.2, 0.25) is 0 Å². The topological polar surface area (TPSA) is 9.23 Å². The summed E-state index contributed by atoms with van der Waals surface area (Å²) in [6.45, 7) is 3.71. The summed E-state index contributed by atoms with van der Waals surface area (Å²) in [6, 6.07) is 0. The highest BCUT2D eigenvalue weighted by Gasteiger charge is 2.46. The minimum atomic E-state index is -2.59. The first-order chi connectivity index (χ1) is 4.54. The first kappa shape index (κ1) is 7.92. The molecule has 0 aromatic carbocycles. The number of hydrogen-bond acceptors (Lipinski definition) is 1. The molecule has 0 aromatic heterocycles. The quantitative estimate of drug-likeness (QED) is 0.556. The molecule has 0 radical (unpaired) electrons. The molecular formula is C7H12F2O. The molecule has 1 fully saturated rings. The van der Waals surface area contributed by atoms with Gasteiger partial charge in [-0.25, -0.2) is 8.78 Å². The molecular weight excluding hydrogens is 138 g/mol. The Bertz CT molecular complexity index is 123. The number of halogens is 2. The second kappa shape index (κ2) is 2.46. The molecule has 0 aliphatic carbocycles. The van der Waals surface area contributed by atoms with Gasteiger partial charge in [0.05, 0.1) is 6.61 Å². The summed E-state index contributed by atoms with van der Waals surface area (Å²) in [6.07, 6.45) is -0.969. The van der Waals surface area contributed by atoms with E-state index in [1.54, 1.807) is 13.8 Å². The summed E-state index contributed by atoms with van der Waals surface area (Å²) in [4.78, 5) is 0. The molecule has 0 saturated carbocycles. The van der Waals surface area contributed by atoms with Crippen molar-refractivity contribution in [2.24, 2.45) is 5.92 Å². The fourth-order valence-electron chi connectivity index (χ4n) is 1.27. The largest absolute Gasteiger partial charge is 0.371 e. The van der Waals surface area contributed by atoms with Gasteiger partial charge in [0.25, 0.3) is 5.92 Å². The zero-order chi connectivity index (χ0) is 7.78. The van der Waals surface area contributed by atoms with Gasteiger partial charge in [-0.15, -0.1) is 0 Å². The van der Waals surface area contributed by atoms with Gasteiger partial charge in [-0.1, -0.05) is 13.8 Å². The van der Waals surface area contributed by atoms with Gasteiger partial charge in [0, 0.05) is 6.42 Å². The summed E-state index contributed by atoms with van der Waals surface area (Å²) >= 11 is 0. The van der Waals surface area contributed by atoms with Crippen LogP contribution >= 0.6 is 0 Å². The van der Waals surface area contributed by atoms with Gasteiger partial charge in [0.15, 0.2) is 0 Å². The number of hydrogen-bond donors (Lipinski definition) is 0. The molecule has 1 aliphatic heterocycles. The molecule has 0 aromatic rings. The standard InChI is InChI=1S/C7H12F2O/c1-5(2)6-7(8,9)3-4-10-6/h5-6H,3-4H2,1-2H3. The van der Waals surface area contributed by atoms with E-state index < -0.39 is 12.0 Å². The van der Waals surface area contributed by atoms with E-state index in [0.29, 0.717) is 0 Å². The SMILES string of the molecule is CC(C)C1OCCC1(F)F. The van der Waals surface area contributed by atoms with Gasteiger partial charge in [-0.05, 0) is 5.92 Å². The average molecular weight is 150 g/mol. The molecule has 0 bridgehead atoms. The second-order valence-electron chi connectivity index (χ2n) is 3.05. The molecule has 1 rings (SSSR count). The molecule has 1 atom stereocenters. The van der Waals surface area contributed by atoms with Gasteiger partial charge in [0.1, 0.15) is 6.10 Å². The summed E-state index contributed by atoms with van der Waals surface area (Å²) < 4.78 is 30.3. The molecule has 60 valence electrons. The lowest BCUT2D eigenvalue weighted by atomic mass is 10.0. The van der Waals surface area contributed by atoms with Crippen molar-refractivity contribution < 1.29 is 13.5 Å². The van der Waals surface area contributed by atoms with E-state index in [-0.39, 0.29) is 18.9 Å². The van der Waals surface area contributed by atoms with Crippen molar-refractivity contribution in [2.75, 3.05) is 6.61 Å². The smallest absolute Gasteiger partial charge is 0.276 e. The predicted molar refractivity (Wildman–Crippen MR) is 34.1 cm³/mol. The minimum absolute atomic E-state index is 0.0856. The Kier molecular flexibility index (Phi) is 1.95. The summed E-state index contributed by atoms with van der Waals surface area (Å²) in [7, 11) is 0. The molecule has 0 N–H and O–H groups in total. The van der Waals surface area contributed by atoms with E-state index in [4.69, 9.17) is 4.74 Å². The number of ether oxygens (including phenoxy) is 1. The van der Waals surface area contributed by atoms with E-state index in [1.165, 1.54) is 0 Å². The molecule has 1 heterocycles. The summed E-state index contributed by atoms with van der Waals surface area (Å²) in [5.41, 5.74) is 0. The van der Waals surface area contributed by atoms with Crippen molar-refractivity contribution in [2.45, 2.75) is 32.3 Å². The van der Waals surface area contributed by atoms with Crippen molar-refractivity contribution in [1.82, 2.24) is 0 Å². The van der Waals surface area contributed by atoms with Gasteiger partial charge < -0.3 is 4.74 Å². The lowest BCUT2D eigenvalue weighted by Gasteiger charge is -2.20. The molecule has 1 aliphatic rings. The fourth-order valence-corrected chi connectivity index (χ4v) is 1.27. The second-order valence-corrected chi connectivity index (χ2v) is 3.05. The van der Waals surface area contributed by atoms with Gasteiger partial charge in [-0.3, -0.25) is 0 Å². The molecule has 10 heavy (non-hydrogen) atoms. The molecule has 1 saturated heterocycles. The van der Waals surface area contributed by atoms with Crippen LogP contribution in [0.4, 0.5) is 8.78 Å². The Morgan fingerprint density at radius 2 is 2.10 bits per heavy atom. The van der Waals surface area contributed by atoms with Crippen molar-refractivity contribution in [3.05, 3.63) is 0 Å². The van der Waals surface area contributed by atoms with Crippen LogP contribution in [-0.2, 0) is 4.74 Å². The van der Waals surface area contributed by atoms with Crippen molar-refractivity contribution in [1.29, 1.82) is 0 Å². The van der Waals surface area contributed by atoms with Crippen molar-refractivity contribution in [3.8, 4) is 0 Å². The number of rotatable bonds is 1. The van der Waals surface area contributed by atoms with Crippen molar-refractivity contribution in [3.63, 3.8) is 0 Å².